The summed E-state index contributed by atoms with van der Waals surface area (Å²) < 4.78 is 19.2. The molecular weight excluding hydrogens is 246 g/mol. The molecule has 0 saturated carbocycles. The van der Waals surface area contributed by atoms with E-state index in [-0.39, 0.29) is 0 Å². The molecule has 1 aliphatic rings. The van der Waals surface area contributed by atoms with Crippen LogP contribution in [0, 0.1) is 0 Å². The summed E-state index contributed by atoms with van der Waals surface area (Å²) in [4.78, 5) is 0. The molecule has 14 heavy (non-hydrogen) atoms. The topological polar surface area (TPSA) is 41.6 Å². The van der Waals surface area contributed by atoms with Crippen molar-refractivity contribution >= 4 is 30.9 Å². The first-order valence-electron chi connectivity index (χ1n) is 4.60. The van der Waals surface area contributed by atoms with Gasteiger partial charge >= 0.3 is 7.67 Å². The molecule has 0 aliphatic carbocycles. The van der Waals surface area contributed by atoms with Gasteiger partial charge in [0.05, 0.1) is 6.61 Å². The molecule has 1 saturated heterocycles. The SMILES string of the molecule is O=[P@]1(N(CCCl)CCCl)NCCCO1. The zero-order valence-corrected chi connectivity index (χ0v) is 10.3. The lowest BCUT2D eigenvalue weighted by molar-refractivity contribution is 0.233. The summed E-state index contributed by atoms with van der Waals surface area (Å²) in [6.07, 6.45) is 0.888. The highest BCUT2D eigenvalue weighted by Gasteiger charge is 2.32. The molecule has 1 fully saturated rings. The van der Waals surface area contributed by atoms with Crippen LogP contribution in [0.3, 0.4) is 0 Å². The van der Waals surface area contributed by atoms with Crippen molar-refractivity contribution in [3.63, 3.8) is 0 Å². The highest BCUT2D eigenvalue weighted by atomic mass is 35.5. The van der Waals surface area contributed by atoms with E-state index in [4.69, 9.17) is 27.7 Å². The van der Waals surface area contributed by atoms with E-state index in [0.717, 1.165) is 13.0 Å². The largest absolute Gasteiger partial charge is 0.343 e. The van der Waals surface area contributed by atoms with Gasteiger partial charge < -0.3 is 4.52 Å². The fourth-order valence-electron chi connectivity index (χ4n) is 1.28. The first kappa shape index (κ1) is 12.8. The lowest BCUT2D eigenvalue weighted by atomic mass is 10.5. The van der Waals surface area contributed by atoms with E-state index < -0.39 is 7.67 Å². The quantitative estimate of drug-likeness (QED) is 0.606. The summed E-state index contributed by atoms with van der Waals surface area (Å²) in [6.45, 7) is 2.31. The summed E-state index contributed by atoms with van der Waals surface area (Å²) in [7, 11) is -2.84. The molecule has 0 spiro atoms. The fourth-order valence-corrected chi connectivity index (χ4v) is 3.92. The van der Waals surface area contributed by atoms with Gasteiger partial charge in [-0.15, -0.1) is 23.2 Å². The number of halogens is 2. The molecule has 1 heterocycles. The van der Waals surface area contributed by atoms with Gasteiger partial charge in [0.1, 0.15) is 0 Å². The summed E-state index contributed by atoms with van der Waals surface area (Å²) in [5, 5.41) is 2.91. The maximum atomic E-state index is 12.2. The molecule has 1 atom stereocenters. The Hall–Kier alpha value is 0.690. The van der Waals surface area contributed by atoms with Crippen molar-refractivity contribution in [2.45, 2.75) is 6.42 Å². The van der Waals surface area contributed by atoms with E-state index in [1.165, 1.54) is 0 Å². The van der Waals surface area contributed by atoms with Crippen LogP contribution < -0.4 is 5.09 Å². The Bertz CT molecular complexity index is 202. The molecule has 1 rings (SSSR count). The third-order valence-corrected chi connectivity index (χ3v) is 4.60. The smallest absolute Gasteiger partial charge is 0.306 e. The number of hydrogen-bond acceptors (Lipinski definition) is 2. The van der Waals surface area contributed by atoms with Crippen molar-refractivity contribution < 1.29 is 9.09 Å². The van der Waals surface area contributed by atoms with Crippen LogP contribution in [0.25, 0.3) is 0 Å². The molecule has 0 aromatic heterocycles. The maximum absolute atomic E-state index is 12.2. The Morgan fingerprint density at radius 2 is 2.00 bits per heavy atom. The summed E-state index contributed by atoms with van der Waals surface area (Å²) in [6, 6.07) is 0. The van der Waals surface area contributed by atoms with E-state index >= 15 is 0 Å². The van der Waals surface area contributed by atoms with Crippen molar-refractivity contribution in [2.24, 2.45) is 0 Å². The van der Waals surface area contributed by atoms with Gasteiger partial charge in [-0.1, -0.05) is 0 Å². The van der Waals surface area contributed by atoms with Crippen LogP contribution in [-0.4, -0.2) is 42.7 Å². The van der Waals surface area contributed by atoms with Gasteiger partial charge in [-0.05, 0) is 6.42 Å². The van der Waals surface area contributed by atoms with E-state index in [2.05, 4.69) is 5.09 Å². The maximum Gasteiger partial charge on any atom is 0.343 e. The highest BCUT2D eigenvalue weighted by Crippen LogP contribution is 2.47. The van der Waals surface area contributed by atoms with E-state index in [1.54, 1.807) is 4.67 Å². The third-order valence-electron chi connectivity index (χ3n) is 1.96. The predicted molar refractivity (Wildman–Crippen MR) is 59.2 cm³/mol. The third kappa shape index (κ3) is 3.37. The van der Waals surface area contributed by atoms with Crippen LogP contribution in [0.5, 0.6) is 0 Å². The molecule has 1 N–H and O–H groups in total. The van der Waals surface area contributed by atoms with Crippen molar-refractivity contribution in [1.82, 2.24) is 9.76 Å². The average molecular weight is 261 g/mol. The molecule has 4 nitrogen and oxygen atoms in total. The van der Waals surface area contributed by atoms with Gasteiger partial charge in [0, 0.05) is 31.4 Å². The van der Waals surface area contributed by atoms with Gasteiger partial charge in [-0.25, -0.2) is 9.76 Å². The van der Waals surface area contributed by atoms with Crippen molar-refractivity contribution in [3.8, 4) is 0 Å². The minimum atomic E-state index is -2.84. The Labute approximate surface area is 94.4 Å². The summed E-state index contributed by atoms with van der Waals surface area (Å²) >= 11 is 11.2. The molecule has 7 heteroatoms. The van der Waals surface area contributed by atoms with Crippen molar-refractivity contribution in [2.75, 3.05) is 38.0 Å². The number of nitrogens with zero attached hydrogens (tertiary/aromatic N) is 1. The molecule has 1 aliphatic heterocycles. The van der Waals surface area contributed by atoms with E-state index in [9.17, 15) is 4.57 Å². The van der Waals surface area contributed by atoms with Crippen LogP contribution in [0.4, 0.5) is 0 Å². The second-order valence-corrected chi connectivity index (χ2v) is 5.88. The summed E-state index contributed by atoms with van der Waals surface area (Å²) in [5.74, 6) is 0.845. The first-order chi connectivity index (χ1) is 6.73. The molecule has 0 bridgehead atoms. The predicted octanol–water partition coefficient (Wildman–Crippen LogP) is 1.88. The molecular formula is C7H15Cl2N2O2P. The first-order valence-corrected chi connectivity index (χ1v) is 7.24. The van der Waals surface area contributed by atoms with Crippen LogP contribution in [-0.2, 0) is 9.09 Å². The molecule has 0 radical (unpaired) electrons. The Kier molecular flexibility index (Phi) is 5.75. The van der Waals surface area contributed by atoms with Gasteiger partial charge in [-0.2, -0.15) is 0 Å². The van der Waals surface area contributed by atoms with Crippen molar-refractivity contribution in [3.05, 3.63) is 0 Å². The second-order valence-electron chi connectivity index (χ2n) is 2.95. The molecule has 0 amide bonds. The number of alkyl halides is 2. The molecule has 84 valence electrons. The normalized spacial score (nSPS) is 28.2. The van der Waals surface area contributed by atoms with Gasteiger partial charge in [-0.3, -0.25) is 4.57 Å². The number of hydrogen-bond donors (Lipinski definition) is 1. The Morgan fingerprint density at radius 1 is 1.36 bits per heavy atom. The summed E-state index contributed by atoms with van der Waals surface area (Å²) in [5.41, 5.74) is 0. The number of nitrogens with one attached hydrogen (secondary N) is 1. The molecule has 0 unspecified atom stereocenters. The molecule has 0 aromatic carbocycles. The van der Waals surface area contributed by atoms with Gasteiger partial charge in [0.15, 0.2) is 0 Å². The van der Waals surface area contributed by atoms with Gasteiger partial charge in [0.2, 0.25) is 0 Å². The van der Waals surface area contributed by atoms with E-state index in [0.29, 0.717) is 31.5 Å². The Balaban J connectivity index is 2.58. The lowest BCUT2D eigenvalue weighted by Crippen LogP contribution is -2.35. The number of rotatable bonds is 5. The standard InChI is InChI=1S/C7H15Cl2N2O2P/c8-2-5-11(6-3-9)14(12)10-4-1-7-13-14/h1-7H2,(H,10,12)/t14-/m1/s1. The van der Waals surface area contributed by atoms with Crippen LogP contribution in [0.1, 0.15) is 6.42 Å². The second kappa shape index (κ2) is 6.31. The fraction of sp³-hybridized carbons (Fsp3) is 1.00. The van der Waals surface area contributed by atoms with Gasteiger partial charge in [0.25, 0.3) is 0 Å². The zero-order valence-electron chi connectivity index (χ0n) is 7.92. The average Bonchev–Trinajstić information content (AvgIpc) is 2.19. The lowest BCUT2D eigenvalue weighted by Gasteiger charge is -2.33. The monoisotopic (exact) mass is 260 g/mol. The van der Waals surface area contributed by atoms with Crippen LogP contribution >= 0.6 is 30.9 Å². The van der Waals surface area contributed by atoms with Crippen LogP contribution in [0.15, 0.2) is 0 Å². The minimum Gasteiger partial charge on any atom is -0.306 e. The zero-order chi connectivity index (χ0) is 10.4. The van der Waals surface area contributed by atoms with Crippen LogP contribution in [0.2, 0.25) is 0 Å². The van der Waals surface area contributed by atoms with Crippen molar-refractivity contribution in [1.29, 1.82) is 0 Å². The Morgan fingerprint density at radius 3 is 2.43 bits per heavy atom. The highest BCUT2D eigenvalue weighted by molar-refractivity contribution is 7.54. The van der Waals surface area contributed by atoms with E-state index in [1.807, 2.05) is 0 Å². The molecule has 0 aromatic rings. The minimum absolute atomic E-state index is 0.423.